The Hall–Kier alpha value is -3.74. The molecule has 162 valence electrons. The summed E-state index contributed by atoms with van der Waals surface area (Å²) < 4.78 is 5.31. The predicted octanol–water partition coefficient (Wildman–Crippen LogP) is 2.26. The lowest BCUT2D eigenvalue weighted by Gasteiger charge is -2.43. The van der Waals surface area contributed by atoms with Crippen LogP contribution in [0.3, 0.4) is 0 Å². The summed E-state index contributed by atoms with van der Waals surface area (Å²) in [6, 6.07) is 16.1. The molecule has 0 amide bonds. The van der Waals surface area contributed by atoms with E-state index in [1.165, 1.54) is 12.0 Å². The number of ether oxygens (including phenoxy) is 1. The quantitative estimate of drug-likeness (QED) is 0.590. The molecule has 0 spiro atoms. The van der Waals surface area contributed by atoms with Gasteiger partial charge in [0.1, 0.15) is 12.4 Å². The fourth-order valence-corrected chi connectivity index (χ4v) is 3.95. The molecule has 0 unspecified atom stereocenters. The van der Waals surface area contributed by atoms with E-state index in [9.17, 15) is 5.26 Å². The van der Waals surface area contributed by atoms with E-state index < -0.39 is 0 Å². The van der Waals surface area contributed by atoms with Crippen LogP contribution in [0, 0.1) is 11.3 Å². The molecule has 0 atom stereocenters. The molecule has 2 aliphatic heterocycles. The molecule has 0 radical (unpaired) electrons. The minimum atomic E-state index is 0.398. The van der Waals surface area contributed by atoms with Crippen molar-refractivity contribution in [3.05, 3.63) is 54.4 Å². The lowest BCUT2D eigenvalue weighted by atomic mass is 10.1. The molecule has 9 heteroatoms. The molecule has 0 bridgehead atoms. The van der Waals surface area contributed by atoms with Crippen molar-refractivity contribution in [1.29, 1.82) is 5.26 Å². The van der Waals surface area contributed by atoms with Crippen LogP contribution in [-0.4, -0.2) is 65.3 Å². The average molecular weight is 429 g/mol. The van der Waals surface area contributed by atoms with Crippen molar-refractivity contribution in [2.24, 2.45) is 0 Å². The van der Waals surface area contributed by atoms with Crippen molar-refractivity contribution in [1.82, 2.24) is 19.9 Å². The smallest absolute Gasteiger partial charge is 0.230 e. The van der Waals surface area contributed by atoms with Gasteiger partial charge in [-0.15, -0.1) is 0 Å². The molecular formula is C23H24N8O. The highest BCUT2D eigenvalue weighted by Gasteiger charge is 2.28. The van der Waals surface area contributed by atoms with Crippen LogP contribution in [0.5, 0.6) is 0 Å². The molecule has 5 rings (SSSR count). The minimum absolute atomic E-state index is 0.398. The molecule has 2 aliphatic rings. The van der Waals surface area contributed by atoms with E-state index >= 15 is 0 Å². The molecule has 3 heterocycles. The standard InChI is InChI=1S/C23H24N8O/c24-12-17-11-16(1-6-21(17)25)22-26-15-27-23(29-22)28-18-2-4-19(5-3-18)30-7-9-31(10-8-30)20-13-32-14-20/h1-6,11,15,20H,7-10,13-14,25H2,(H,26,27,28,29). The fourth-order valence-electron chi connectivity index (χ4n) is 3.95. The van der Waals surface area contributed by atoms with Crippen LogP contribution >= 0.6 is 0 Å². The van der Waals surface area contributed by atoms with Gasteiger partial charge >= 0.3 is 0 Å². The molecular weight excluding hydrogens is 404 g/mol. The Morgan fingerprint density at radius 1 is 1.03 bits per heavy atom. The summed E-state index contributed by atoms with van der Waals surface area (Å²) in [5, 5.41) is 12.4. The Kier molecular flexibility index (Phi) is 5.54. The Morgan fingerprint density at radius 2 is 1.81 bits per heavy atom. The summed E-state index contributed by atoms with van der Waals surface area (Å²) in [5.41, 5.74) is 9.45. The van der Waals surface area contributed by atoms with Crippen molar-refractivity contribution in [2.45, 2.75) is 6.04 Å². The van der Waals surface area contributed by atoms with Gasteiger partial charge in [0.15, 0.2) is 5.82 Å². The first-order valence-electron chi connectivity index (χ1n) is 10.6. The molecule has 2 aromatic carbocycles. The molecule has 3 N–H and O–H groups in total. The van der Waals surface area contributed by atoms with E-state index in [4.69, 9.17) is 10.5 Å². The molecule has 2 fully saturated rings. The van der Waals surface area contributed by atoms with E-state index in [2.05, 4.69) is 48.3 Å². The summed E-state index contributed by atoms with van der Waals surface area (Å²) in [5.74, 6) is 0.916. The topological polar surface area (TPSA) is 116 Å². The van der Waals surface area contributed by atoms with Crippen molar-refractivity contribution >= 4 is 23.0 Å². The van der Waals surface area contributed by atoms with E-state index in [0.29, 0.717) is 34.6 Å². The summed E-state index contributed by atoms with van der Waals surface area (Å²) in [7, 11) is 0. The summed E-state index contributed by atoms with van der Waals surface area (Å²) in [6.07, 6.45) is 1.45. The predicted molar refractivity (Wildman–Crippen MR) is 123 cm³/mol. The second-order valence-corrected chi connectivity index (χ2v) is 7.93. The number of nitrogens with one attached hydrogen (secondary N) is 1. The van der Waals surface area contributed by atoms with Gasteiger partial charge in [-0.2, -0.15) is 10.2 Å². The van der Waals surface area contributed by atoms with Crippen LogP contribution in [-0.2, 0) is 4.74 Å². The average Bonchev–Trinajstić information content (AvgIpc) is 2.80. The maximum Gasteiger partial charge on any atom is 0.230 e. The van der Waals surface area contributed by atoms with E-state index in [0.717, 1.165) is 45.1 Å². The lowest BCUT2D eigenvalue weighted by molar-refractivity contribution is -0.0660. The highest BCUT2D eigenvalue weighted by atomic mass is 16.5. The number of aromatic nitrogens is 3. The van der Waals surface area contributed by atoms with E-state index in [1.807, 2.05) is 12.1 Å². The van der Waals surface area contributed by atoms with Gasteiger partial charge in [0.25, 0.3) is 0 Å². The van der Waals surface area contributed by atoms with Crippen LogP contribution in [0.25, 0.3) is 11.4 Å². The van der Waals surface area contributed by atoms with Crippen molar-refractivity contribution in [3.8, 4) is 17.5 Å². The number of hydrogen-bond donors (Lipinski definition) is 2. The van der Waals surface area contributed by atoms with Gasteiger partial charge in [0.05, 0.1) is 24.8 Å². The number of piperazine rings is 1. The molecule has 0 aliphatic carbocycles. The molecule has 2 saturated heterocycles. The van der Waals surface area contributed by atoms with Crippen molar-refractivity contribution < 1.29 is 4.74 Å². The molecule has 3 aromatic rings. The Bertz CT molecular complexity index is 1130. The largest absolute Gasteiger partial charge is 0.398 e. The van der Waals surface area contributed by atoms with Crippen LogP contribution in [0.15, 0.2) is 48.8 Å². The van der Waals surface area contributed by atoms with E-state index in [1.54, 1.807) is 18.2 Å². The lowest BCUT2D eigenvalue weighted by Crippen LogP contribution is -2.56. The third-order valence-electron chi connectivity index (χ3n) is 5.94. The van der Waals surface area contributed by atoms with Gasteiger partial charge in [-0.25, -0.2) is 9.97 Å². The minimum Gasteiger partial charge on any atom is -0.398 e. The first-order valence-corrected chi connectivity index (χ1v) is 10.6. The summed E-state index contributed by atoms with van der Waals surface area (Å²) >= 11 is 0. The highest BCUT2D eigenvalue weighted by Crippen LogP contribution is 2.24. The normalized spacial score (nSPS) is 16.9. The first kappa shape index (κ1) is 20.2. The number of nitriles is 1. The van der Waals surface area contributed by atoms with Crippen LogP contribution in [0.4, 0.5) is 23.0 Å². The highest BCUT2D eigenvalue weighted by molar-refractivity contribution is 5.66. The third-order valence-corrected chi connectivity index (χ3v) is 5.94. The number of nitrogen functional groups attached to an aromatic ring is 1. The Morgan fingerprint density at radius 3 is 2.50 bits per heavy atom. The number of nitrogens with zero attached hydrogens (tertiary/aromatic N) is 6. The Labute approximate surface area is 186 Å². The molecule has 0 saturated carbocycles. The number of benzene rings is 2. The molecule has 1 aromatic heterocycles. The van der Waals surface area contributed by atoms with Gasteiger partial charge in [-0.05, 0) is 42.5 Å². The zero-order valence-electron chi connectivity index (χ0n) is 17.6. The maximum absolute atomic E-state index is 9.20. The summed E-state index contributed by atoms with van der Waals surface area (Å²) in [6.45, 7) is 5.92. The van der Waals surface area contributed by atoms with E-state index in [-0.39, 0.29) is 0 Å². The monoisotopic (exact) mass is 428 g/mol. The number of rotatable bonds is 5. The SMILES string of the molecule is N#Cc1cc(-c2ncnc(Nc3ccc(N4CCN(C5COC5)CC4)cc3)n2)ccc1N. The van der Waals surface area contributed by atoms with Crippen molar-refractivity contribution in [2.75, 3.05) is 55.3 Å². The van der Waals surface area contributed by atoms with Gasteiger partial charge in [-0.3, -0.25) is 4.90 Å². The van der Waals surface area contributed by atoms with Gasteiger partial charge < -0.3 is 20.7 Å². The second-order valence-electron chi connectivity index (χ2n) is 7.93. The van der Waals surface area contributed by atoms with Crippen molar-refractivity contribution in [3.63, 3.8) is 0 Å². The zero-order chi connectivity index (χ0) is 21.9. The van der Waals surface area contributed by atoms with Crippen LogP contribution in [0.1, 0.15) is 5.56 Å². The van der Waals surface area contributed by atoms with Crippen LogP contribution < -0.4 is 16.0 Å². The Balaban J connectivity index is 1.24. The maximum atomic E-state index is 9.20. The fraction of sp³-hybridized carbons (Fsp3) is 0.304. The first-order chi connectivity index (χ1) is 15.7. The number of anilines is 4. The zero-order valence-corrected chi connectivity index (χ0v) is 17.6. The number of hydrogen-bond acceptors (Lipinski definition) is 9. The summed E-state index contributed by atoms with van der Waals surface area (Å²) in [4.78, 5) is 17.9. The van der Waals surface area contributed by atoms with Gasteiger partial charge in [0, 0.05) is 48.8 Å². The van der Waals surface area contributed by atoms with Gasteiger partial charge in [-0.1, -0.05) is 0 Å². The third kappa shape index (κ3) is 4.19. The van der Waals surface area contributed by atoms with Crippen LogP contribution in [0.2, 0.25) is 0 Å². The number of nitrogens with two attached hydrogens (primary N) is 1. The second kappa shape index (κ2) is 8.78. The molecule has 32 heavy (non-hydrogen) atoms. The molecule has 9 nitrogen and oxygen atoms in total. The van der Waals surface area contributed by atoms with Gasteiger partial charge in [0.2, 0.25) is 5.95 Å².